The number of aromatic nitrogens is 3. The van der Waals surface area contributed by atoms with E-state index in [1.807, 2.05) is 12.1 Å². The largest absolute Gasteiger partial charge is 0.393 e. The highest BCUT2D eigenvalue weighted by Crippen LogP contribution is 2.32. The van der Waals surface area contributed by atoms with Crippen molar-refractivity contribution in [2.45, 2.75) is 51.0 Å². The highest BCUT2D eigenvalue weighted by molar-refractivity contribution is 5.95. The van der Waals surface area contributed by atoms with Gasteiger partial charge in [-0.2, -0.15) is 0 Å². The van der Waals surface area contributed by atoms with E-state index in [1.165, 1.54) is 12.3 Å². The van der Waals surface area contributed by atoms with Crippen molar-refractivity contribution in [3.63, 3.8) is 0 Å². The van der Waals surface area contributed by atoms with Crippen molar-refractivity contribution >= 4 is 39.7 Å². The Kier molecular flexibility index (Phi) is 7.65. The van der Waals surface area contributed by atoms with Crippen LogP contribution in [0.3, 0.4) is 0 Å². The molecule has 0 radical (unpaired) electrons. The minimum atomic E-state index is -0.525. The van der Waals surface area contributed by atoms with Crippen molar-refractivity contribution in [1.29, 1.82) is 0 Å². The van der Waals surface area contributed by atoms with Gasteiger partial charge in [0.2, 0.25) is 5.91 Å². The summed E-state index contributed by atoms with van der Waals surface area (Å²) in [6.07, 6.45) is 9.42. The maximum Gasteiger partial charge on any atom is 0.259 e. The maximum atomic E-state index is 15.4. The average molecular weight is 557 g/mol. The van der Waals surface area contributed by atoms with Gasteiger partial charge in [0.05, 0.1) is 40.3 Å². The molecule has 0 unspecified atom stereocenters. The lowest BCUT2D eigenvalue weighted by atomic mass is 9.88. The van der Waals surface area contributed by atoms with Crippen LogP contribution in [0.25, 0.3) is 22.2 Å². The molecule has 9 nitrogen and oxygen atoms in total. The third kappa shape index (κ3) is 5.92. The third-order valence-electron chi connectivity index (χ3n) is 8.06. The van der Waals surface area contributed by atoms with Gasteiger partial charge in [-0.15, -0.1) is 0 Å². The normalized spacial score (nSPS) is 16.6. The van der Waals surface area contributed by atoms with Crippen molar-refractivity contribution in [3.05, 3.63) is 71.0 Å². The quantitative estimate of drug-likeness (QED) is 0.253. The zero-order valence-electron chi connectivity index (χ0n) is 22.7. The van der Waals surface area contributed by atoms with Crippen LogP contribution in [0.5, 0.6) is 0 Å². The van der Waals surface area contributed by atoms with Crippen LogP contribution in [-0.4, -0.2) is 45.2 Å². The molecule has 41 heavy (non-hydrogen) atoms. The Morgan fingerprint density at radius 3 is 2.56 bits per heavy atom. The number of H-pyrrole nitrogens is 1. The summed E-state index contributed by atoms with van der Waals surface area (Å²) in [7, 11) is 0. The molecule has 4 aromatic rings. The molecule has 212 valence electrons. The fraction of sp³-hybridized carbons (Fsp3) is 0.355. The number of anilines is 4. The zero-order chi connectivity index (χ0) is 28.3. The standard InChI is InChI=1S/C31H33FN6O3/c32-24-16-20(35-30(40)19-4-2-1-3-5-19)6-8-23(24)26-17-27(29-25(36-26)10-13-33-31(29)41)37-28-9-7-21(18-34-28)38-14-11-22(39)12-15-38/h6-10,13,16-19,22,39H,1-5,11-12,14-15H2,(H,33,41)(H,35,40)(H,34,36,37). The molecule has 4 heterocycles. The molecule has 0 spiro atoms. The number of nitrogens with zero attached hydrogens (tertiary/aromatic N) is 3. The second kappa shape index (κ2) is 11.7. The molecule has 1 saturated heterocycles. The Balaban J connectivity index is 1.27. The molecule has 10 heteroatoms. The molecule has 1 aromatic carbocycles. The van der Waals surface area contributed by atoms with Crippen molar-refractivity contribution in [2.75, 3.05) is 28.6 Å². The Morgan fingerprint density at radius 1 is 1.02 bits per heavy atom. The molecule has 1 aliphatic heterocycles. The Morgan fingerprint density at radius 2 is 1.83 bits per heavy atom. The highest BCUT2D eigenvalue weighted by atomic mass is 19.1. The minimum Gasteiger partial charge on any atom is -0.393 e. The predicted molar refractivity (Wildman–Crippen MR) is 158 cm³/mol. The van der Waals surface area contributed by atoms with Crippen LogP contribution in [0.1, 0.15) is 44.9 Å². The number of piperidine rings is 1. The van der Waals surface area contributed by atoms with E-state index >= 15 is 4.39 Å². The van der Waals surface area contributed by atoms with Gasteiger partial charge in [-0.3, -0.25) is 9.59 Å². The van der Waals surface area contributed by atoms with E-state index in [1.54, 1.807) is 30.5 Å². The predicted octanol–water partition coefficient (Wildman–Crippen LogP) is 5.35. The summed E-state index contributed by atoms with van der Waals surface area (Å²) in [6.45, 7) is 1.52. The van der Waals surface area contributed by atoms with E-state index in [9.17, 15) is 14.7 Å². The number of hydrogen-bond acceptors (Lipinski definition) is 7. The first-order valence-corrected chi connectivity index (χ1v) is 14.2. The number of aliphatic hydroxyl groups is 1. The van der Waals surface area contributed by atoms with E-state index in [0.29, 0.717) is 33.8 Å². The smallest absolute Gasteiger partial charge is 0.259 e. The van der Waals surface area contributed by atoms with Gasteiger partial charge >= 0.3 is 0 Å². The number of fused-ring (bicyclic) bond motifs is 1. The molecule has 2 fully saturated rings. The van der Waals surface area contributed by atoms with Crippen LogP contribution in [0.4, 0.5) is 27.3 Å². The molecule has 1 amide bonds. The minimum absolute atomic E-state index is 0.0317. The number of benzene rings is 1. The SMILES string of the molecule is O=C(Nc1ccc(-c2cc(Nc3ccc(N4CCC(O)CC4)cn3)c3c(=O)[nH]ccc3n2)c(F)c1)C1CCCCC1. The van der Waals surface area contributed by atoms with Crippen molar-refractivity contribution < 1.29 is 14.3 Å². The molecule has 0 bridgehead atoms. The van der Waals surface area contributed by atoms with Crippen LogP contribution in [0.2, 0.25) is 0 Å². The summed E-state index contributed by atoms with van der Waals surface area (Å²) < 4.78 is 15.4. The first-order valence-electron chi connectivity index (χ1n) is 14.2. The Hall–Kier alpha value is -4.31. The number of carbonyl (C=O) groups is 1. The van der Waals surface area contributed by atoms with Crippen LogP contribution < -0.4 is 21.1 Å². The number of pyridine rings is 3. The zero-order valence-corrected chi connectivity index (χ0v) is 22.7. The Labute approximate surface area is 236 Å². The van der Waals surface area contributed by atoms with Gasteiger partial charge in [0.15, 0.2) is 0 Å². The van der Waals surface area contributed by atoms with Crippen molar-refractivity contribution in [3.8, 4) is 11.3 Å². The third-order valence-corrected chi connectivity index (χ3v) is 8.06. The van der Waals surface area contributed by atoms with Crippen molar-refractivity contribution in [1.82, 2.24) is 15.0 Å². The first-order chi connectivity index (χ1) is 19.9. The monoisotopic (exact) mass is 556 g/mol. The van der Waals surface area contributed by atoms with E-state index in [0.717, 1.165) is 63.7 Å². The van der Waals surface area contributed by atoms with Crippen LogP contribution >= 0.6 is 0 Å². The molecule has 0 atom stereocenters. The molecule has 3 aromatic heterocycles. The lowest BCUT2D eigenvalue weighted by Gasteiger charge is -2.31. The second-order valence-corrected chi connectivity index (χ2v) is 10.9. The summed E-state index contributed by atoms with van der Waals surface area (Å²) in [5, 5.41) is 16.2. The lowest BCUT2D eigenvalue weighted by molar-refractivity contribution is -0.120. The van der Waals surface area contributed by atoms with Crippen LogP contribution in [0.15, 0.2) is 59.7 Å². The molecule has 6 rings (SSSR count). The molecule has 1 aliphatic carbocycles. The fourth-order valence-electron chi connectivity index (χ4n) is 5.75. The van der Waals surface area contributed by atoms with Gasteiger partial charge in [0, 0.05) is 36.5 Å². The summed E-state index contributed by atoms with van der Waals surface area (Å²) >= 11 is 0. The maximum absolute atomic E-state index is 15.4. The highest BCUT2D eigenvalue weighted by Gasteiger charge is 2.22. The van der Waals surface area contributed by atoms with E-state index in [-0.39, 0.29) is 29.1 Å². The number of amides is 1. The van der Waals surface area contributed by atoms with Gasteiger partial charge in [-0.1, -0.05) is 19.3 Å². The Bertz CT molecular complexity index is 1610. The van der Waals surface area contributed by atoms with Crippen LogP contribution in [0, 0.1) is 11.7 Å². The van der Waals surface area contributed by atoms with Gasteiger partial charge in [-0.25, -0.2) is 14.4 Å². The number of halogens is 1. The lowest BCUT2D eigenvalue weighted by Crippen LogP contribution is -2.35. The topological polar surface area (TPSA) is 123 Å². The average Bonchev–Trinajstić information content (AvgIpc) is 2.98. The van der Waals surface area contributed by atoms with Gasteiger partial charge in [0.1, 0.15) is 11.6 Å². The van der Waals surface area contributed by atoms with Crippen molar-refractivity contribution in [2.24, 2.45) is 5.92 Å². The summed E-state index contributed by atoms with van der Waals surface area (Å²) in [5.74, 6) is -0.101. The van der Waals surface area contributed by atoms with Gasteiger partial charge in [0.25, 0.3) is 5.56 Å². The number of hydrogen-bond donors (Lipinski definition) is 4. The van der Waals surface area contributed by atoms with E-state index in [4.69, 9.17) is 0 Å². The molecular formula is C31H33FN6O3. The molecule has 2 aliphatic rings. The number of aliphatic hydroxyl groups excluding tert-OH is 1. The number of rotatable bonds is 6. The summed E-state index contributed by atoms with van der Waals surface area (Å²) in [5.41, 5.74) is 2.49. The number of nitrogens with one attached hydrogen (secondary N) is 3. The second-order valence-electron chi connectivity index (χ2n) is 10.9. The van der Waals surface area contributed by atoms with Crippen LogP contribution in [-0.2, 0) is 4.79 Å². The molecule has 1 saturated carbocycles. The van der Waals surface area contributed by atoms with Gasteiger partial charge in [-0.05, 0) is 68.1 Å². The first kappa shape index (κ1) is 26.9. The van der Waals surface area contributed by atoms with Gasteiger partial charge < -0.3 is 25.6 Å². The number of carbonyl (C=O) groups excluding carboxylic acids is 1. The molecular weight excluding hydrogens is 523 g/mol. The van der Waals surface area contributed by atoms with E-state index in [2.05, 4.69) is 30.5 Å². The summed E-state index contributed by atoms with van der Waals surface area (Å²) in [6, 6.07) is 11.7. The fourth-order valence-corrected chi connectivity index (χ4v) is 5.75. The van der Waals surface area contributed by atoms with E-state index < -0.39 is 5.82 Å². The summed E-state index contributed by atoms with van der Waals surface area (Å²) in [4.78, 5) is 39.4. The molecule has 4 N–H and O–H groups in total. The number of aromatic amines is 1.